The van der Waals surface area contributed by atoms with Crippen molar-refractivity contribution in [2.24, 2.45) is 0 Å². The second-order valence-corrected chi connectivity index (χ2v) is 5.43. The fourth-order valence-corrected chi connectivity index (χ4v) is 2.16. The number of carbonyl (C=O) groups is 1. The van der Waals surface area contributed by atoms with Gasteiger partial charge in [0.2, 0.25) is 0 Å². The third-order valence-electron chi connectivity index (χ3n) is 3.46. The molecule has 1 atom stereocenters. The van der Waals surface area contributed by atoms with Gasteiger partial charge in [0, 0.05) is 19.0 Å². The predicted molar refractivity (Wildman–Crippen MR) is 83.0 cm³/mol. The number of benzene rings is 1. The molecule has 0 aliphatic rings. The van der Waals surface area contributed by atoms with Crippen molar-refractivity contribution < 1.29 is 13.6 Å². The molecule has 22 heavy (non-hydrogen) atoms. The Morgan fingerprint density at radius 1 is 1.36 bits per heavy atom. The molecule has 0 aliphatic carbocycles. The number of hydrogen-bond donors (Lipinski definition) is 2. The monoisotopic (exact) mass is 304 g/mol. The predicted octanol–water partition coefficient (Wildman–Crippen LogP) is 3.55. The van der Waals surface area contributed by atoms with Crippen LogP contribution in [0.5, 0.6) is 0 Å². The lowest BCUT2D eigenvalue weighted by molar-refractivity contribution is 0.236. The Morgan fingerprint density at radius 2 is 2.18 bits per heavy atom. The molecule has 1 aromatic heterocycles. The first kappa shape index (κ1) is 16.1. The van der Waals surface area contributed by atoms with Gasteiger partial charge in [-0.3, -0.25) is 0 Å². The molecule has 0 radical (unpaired) electrons. The number of amides is 2. The Labute approximate surface area is 129 Å². The number of nitrogens with one attached hydrogen (secondary N) is 2. The van der Waals surface area contributed by atoms with Crippen molar-refractivity contribution in [2.75, 3.05) is 0 Å². The van der Waals surface area contributed by atoms with Gasteiger partial charge in [0.15, 0.2) is 0 Å². The molecule has 4 nitrogen and oxygen atoms in total. The maximum atomic E-state index is 13.2. The summed E-state index contributed by atoms with van der Waals surface area (Å²) < 4.78 is 18.4. The Hall–Kier alpha value is -2.30. The van der Waals surface area contributed by atoms with Crippen LogP contribution < -0.4 is 10.6 Å². The molecule has 1 heterocycles. The molecule has 0 bridgehead atoms. The zero-order valence-corrected chi connectivity index (χ0v) is 12.9. The van der Waals surface area contributed by atoms with E-state index in [1.807, 2.05) is 19.1 Å². The molecule has 2 aromatic rings. The zero-order valence-electron chi connectivity index (χ0n) is 12.9. The molecule has 1 unspecified atom stereocenters. The quantitative estimate of drug-likeness (QED) is 0.857. The molecule has 0 saturated carbocycles. The summed E-state index contributed by atoms with van der Waals surface area (Å²) in [5.74, 6) is 0.676. The largest absolute Gasteiger partial charge is 0.469 e. The van der Waals surface area contributed by atoms with E-state index in [0.29, 0.717) is 12.1 Å². The molecule has 2 amide bonds. The average Bonchev–Trinajstić information content (AvgIpc) is 3.00. The van der Waals surface area contributed by atoms with Gasteiger partial charge in [0.05, 0.1) is 6.26 Å². The highest BCUT2D eigenvalue weighted by atomic mass is 19.1. The van der Waals surface area contributed by atoms with Crippen LogP contribution in [0.4, 0.5) is 9.18 Å². The minimum absolute atomic E-state index is 0.0417. The lowest BCUT2D eigenvalue weighted by atomic mass is 10.1. The van der Waals surface area contributed by atoms with Crippen LogP contribution in [0.15, 0.2) is 41.0 Å². The summed E-state index contributed by atoms with van der Waals surface area (Å²) in [5, 5.41) is 5.65. The number of rotatable bonds is 6. The standard InChI is InChI=1S/C17H21FN2O2/c1-12-10-14(6-8-16(12)18)11-19-17(21)20-13(2)5-7-15-4-3-9-22-15/h3-4,6,8-10,13H,5,7,11H2,1-2H3,(H2,19,20,21). The Kier molecular flexibility index (Phi) is 5.58. The van der Waals surface area contributed by atoms with Gasteiger partial charge in [0.1, 0.15) is 11.6 Å². The van der Waals surface area contributed by atoms with Crippen LogP contribution in [0.3, 0.4) is 0 Å². The van der Waals surface area contributed by atoms with Crippen molar-refractivity contribution >= 4 is 6.03 Å². The number of halogens is 1. The van der Waals surface area contributed by atoms with Gasteiger partial charge in [0.25, 0.3) is 0 Å². The fourth-order valence-electron chi connectivity index (χ4n) is 2.16. The lowest BCUT2D eigenvalue weighted by Crippen LogP contribution is -2.40. The summed E-state index contributed by atoms with van der Waals surface area (Å²) in [6.07, 6.45) is 3.23. The molecule has 2 rings (SSSR count). The SMILES string of the molecule is Cc1cc(CNC(=O)NC(C)CCc2ccco2)ccc1F. The number of carbonyl (C=O) groups excluding carboxylic acids is 1. The summed E-state index contributed by atoms with van der Waals surface area (Å²) >= 11 is 0. The highest BCUT2D eigenvalue weighted by molar-refractivity contribution is 5.74. The second kappa shape index (κ2) is 7.64. The second-order valence-electron chi connectivity index (χ2n) is 5.43. The van der Waals surface area contributed by atoms with E-state index in [4.69, 9.17) is 4.42 Å². The highest BCUT2D eigenvalue weighted by Crippen LogP contribution is 2.09. The average molecular weight is 304 g/mol. The van der Waals surface area contributed by atoms with Crippen LogP contribution in [0.25, 0.3) is 0 Å². The van der Waals surface area contributed by atoms with Gasteiger partial charge in [-0.05, 0) is 49.6 Å². The van der Waals surface area contributed by atoms with Crippen LogP contribution in [-0.4, -0.2) is 12.1 Å². The first-order valence-electron chi connectivity index (χ1n) is 7.36. The van der Waals surface area contributed by atoms with Gasteiger partial charge >= 0.3 is 6.03 Å². The molecular formula is C17H21FN2O2. The van der Waals surface area contributed by atoms with E-state index in [0.717, 1.165) is 24.2 Å². The normalized spacial score (nSPS) is 12.0. The third kappa shape index (κ3) is 4.91. The number of aryl methyl sites for hydroxylation is 2. The van der Waals surface area contributed by atoms with Crippen LogP contribution in [0.2, 0.25) is 0 Å². The van der Waals surface area contributed by atoms with E-state index < -0.39 is 0 Å². The summed E-state index contributed by atoms with van der Waals surface area (Å²) in [7, 11) is 0. The van der Waals surface area contributed by atoms with Crippen LogP contribution in [0.1, 0.15) is 30.2 Å². The smallest absolute Gasteiger partial charge is 0.315 e. The van der Waals surface area contributed by atoms with Gasteiger partial charge < -0.3 is 15.1 Å². The Balaban J connectivity index is 1.71. The molecule has 118 valence electrons. The summed E-state index contributed by atoms with van der Waals surface area (Å²) in [4.78, 5) is 11.8. The van der Waals surface area contributed by atoms with Crippen molar-refractivity contribution in [3.63, 3.8) is 0 Å². The molecule has 1 aromatic carbocycles. The van der Waals surface area contributed by atoms with Gasteiger partial charge in [-0.1, -0.05) is 12.1 Å². The Bertz CT molecular complexity index is 611. The highest BCUT2D eigenvalue weighted by Gasteiger charge is 2.08. The molecule has 0 aliphatic heterocycles. The third-order valence-corrected chi connectivity index (χ3v) is 3.46. The van der Waals surface area contributed by atoms with Crippen LogP contribution >= 0.6 is 0 Å². The minimum atomic E-state index is -0.236. The van der Waals surface area contributed by atoms with Crippen molar-refractivity contribution in [2.45, 2.75) is 39.3 Å². The van der Waals surface area contributed by atoms with Crippen molar-refractivity contribution in [3.8, 4) is 0 Å². The van der Waals surface area contributed by atoms with Crippen molar-refractivity contribution in [1.29, 1.82) is 0 Å². The lowest BCUT2D eigenvalue weighted by Gasteiger charge is -2.14. The van der Waals surface area contributed by atoms with Crippen molar-refractivity contribution in [3.05, 3.63) is 59.3 Å². The van der Waals surface area contributed by atoms with E-state index in [-0.39, 0.29) is 17.9 Å². The molecule has 0 saturated heterocycles. The summed E-state index contributed by atoms with van der Waals surface area (Å²) in [6.45, 7) is 4.03. The molecule has 2 N–H and O–H groups in total. The number of hydrogen-bond acceptors (Lipinski definition) is 2. The maximum Gasteiger partial charge on any atom is 0.315 e. The first-order valence-corrected chi connectivity index (χ1v) is 7.36. The molecule has 0 fully saturated rings. The molecular weight excluding hydrogens is 283 g/mol. The number of urea groups is 1. The van der Waals surface area contributed by atoms with E-state index in [2.05, 4.69) is 10.6 Å². The Morgan fingerprint density at radius 3 is 2.86 bits per heavy atom. The van der Waals surface area contributed by atoms with Gasteiger partial charge in [-0.15, -0.1) is 0 Å². The first-order chi connectivity index (χ1) is 10.5. The van der Waals surface area contributed by atoms with Gasteiger partial charge in [-0.25, -0.2) is 9.18 Å². The van der Waals surface area contributed by atoms with E-state index in [9.17, 15) is 9.18 Å². The van der Waals surface area contributed by atoms with Crippen LogP contribution in [-0.2, 0) is 13.0 Å². The topological polar surface area (TPSA) is 54.3 Å². The zero-order chi connectivity index (χ0) is 15.9. The maximum absolute atomic E-state index is 13.2. The number of furan rings is 1. The van der Waals surface area contributed by atoms with E-state index in [1.54, 1.807) is 25.3 Å². The van der Waals surface area contributed by atoms with E-state index >= 15 is 0 Å². The summed E-state index contributed by atoms with van der Waals surface area (Å²) in [6, 6.07) is 8.40. The molecule has 0 spiro atoms. The van der Waals surface area contributed by atoms with Gasteiger partial charge in [-0.2, -0.15) is 0 Å². The summed E-state index contributed by atoms with van der Waals surface area (Å²) in [5.41, 5.74) is 1.45. The van der Waals surface area contributed by atoms with E-state index in [1.165, 1.54) is 6.07 Å². The molecule has 5 heteroatoms. The van der Waals surface area contributed by atoms with Crippen LogP contribution in [0, 0.1) is 12.7 Å². The minimum Gasteiger partial charge on any atom is -0.469 e. The fraction of sp³-hybridized carbons (Fsp3) is 0.353. The van der Waals surface area contributed by atoms with Crippen molar-refractivity contribution in [1.82, 2.24) is 10.6 Å².